The third-order valence-corrected chi connectivity index (χ3v) is 3.96. The highest BCUT2D eigenvalue weighted by atomic mass is 35.5. The van der Waals surface area contributed by atoms with Crippen molar-refractivity contribution in [2.24, 2.45) is 0 Å². The molecule has 6 nitrogen and oxygen atoms in total. The number of ether oxygens (including phenoxy) is 1. The predicted molar refractivity (Wildman–Crippen MR) is 89.3 cm³/mol. The Morgan fingerprint density at radius 1 is 1.52 bits per heavy atom. The quantitative estimate of drug-likeness (QED) is 0.792. The van der Waals surface area contributed by atoms with Gasteiger partial charge < -0.3 is 9.64 Å². The maximum Gasteiger partial charge on any atom is 0.410 e. The van der Waals surface area contributed by atoms with Gasteiger partial charge in [0.15, 0.2) is 0 Å². The summed E-state index contributed by atoms with van der Waals surface area (Å²) in [6.45, 7) is 8.14. The lowest BCUT2D eigenvalue weighted by Crippen LogP contribution is -2.49. The largest absolute Gasteiger partial charge is 0.444 e. The molecule has 1 atom stereocenters. The molecule has 23 heavy (non-hydrogen) atoms. The molecule has 1 aliphatic rings. The number of carbonyl (C=O) groups is 1. The number of amides is 1. The molecule has 1 aromatic heterocycles. The molecule has 1 amide bonds. The monoisotopic (exact) mass is 340 g/mol. The summed E-state index contributed by atoms with van der Waals surface area (Å²) in [5.74, 6) is 0. The summed E-state index contributed by atoms with van der Waals surface area (Å²) in [4.78, 5) is 24.3. The van der Waals surface area contributed by atoms with Crippen LogP contribution >= 0.6 is 11.6 Å². The van der Waals surface area contributed by atoms with Gasteiger partial charge in [-0.3, -0.25) is 4.90 Å². The molecule has 2 rings (SSSR count). The molecule has 0 aliphatic carbocycles. The highest BCUT2D eigenvalue weighted by Crippen LogP contribution is 2.19. The van der Waals surface area contributed by atoms with E-state index in [1.54, 1.807) is 11.1 Å². The fourth-order valence-electron chi connectivity index (χ4n) is 2.66. The van der Waals surface area contributed by atoms with Crippen molar-refractivity contribution in [2.75, 3.05) is 20.1 Å². The van der Waals surface area contributed by atoms with Crippen LogP contribution in [-0.4, -0.2) is 57.6 Å². The van der Waals surface area contributed by atoms with Gasteiger partial charge in [0.2, 0.25) is 5.28 Å². The van der Waals surface area contributed by atoms with E-state index in [1.165, 1.54) is 0 Å². The van der Waals surface area contributed by atoms with Gasteiger partial charge in [-0.25, -0.2) is 14.8 Å². The minimum absolute atomic E-state index is 0.149. The first-order chi connectivity index (χ1) is 10.7. The number of piperidine rings is 1. The van der Waals surface area contributed by atoms with Crippen LogP contribution in [-0.2, 0) is 11.3 Å². The third-order valence-electron chi connectivity index (χ3n) is 3.78. The summed E-state index contributed by atoms with van der Waals surface area (Å²) < 4.78 is 5.45. The summed E-state index contributed by atoms with van der Waals surface area (Å²) >= 11 is 5.83. The van der Waals surface area contributed by atoms with Gasteiger partial charge in [0.05, 0.1) is 5.69 Å². The van der Waals surface area contributed by atoms with Crippen LogP contribution in [0.3, 0.4) is 0 Å². The van der Waals surface area contributed by atoms with Gasteiger partial charge in [-0.15, -0.1) is 0 Å². The zero-order valence-electron chi connectivity index (χ0n) is 14.3. The van der Waals surface area contributed by atoms with Crippen LogP contribution in [0, 0.1) is 0 Å². The molecule has 0 radical (unpaired) electrons. The molecule has 1 saturated heterocycles. The number of rotatable bonds is 3. The molecule has 128 valence electrons. The number of likely N-dealkylation sites (N-methyl/N-ethyl adjacent to an activating group) is 1. The second-order valence-electron chi connectivity index (χ2n) is 6.94. The van der Waals surface area contributed by atoms with Gasteiger partial charge in [0.1, 0.15) is 5.60 Å². The maximum absolute atomic E-state index is 12.2. The molecule has 0 aromatic carbocycles. The second kappa shape index (κ2) is 7.45. The number of carbonyl (C=O) groups excluding carboxylic acids is 1. The summed E-state index contributed by atoms with van der Waals surface area (Å²) in [5.41, 5.74) is 0.419. The number of halogens is 1. The lowest BCUT2D eigenvalue weighted by molar-refractivity contribution is 0.0129. The van der Waals surface area contributed by atoms with Crippen molar-refractivity contribution in [1.29, 1.82) is 0 Å². The van der Waals surface area contributed by atoms with Crippen LogP contribution in [0.4, 0.5) is 4.79 Å². The number of nitrogens with zero attached hydrogens (tertiary/aromatic N) is 4. The van der Waals surface area contributed by atoms with E-state index in [-0.39, 0.29) is 17.4 Å². The van der Waals surface area contributed by atoms with Gasteiger partial charge in [-0.1, -0.05) is 0 Å². The van der Waals surface area contributed by atoms with Crippen molar-refractivity contribution in [2.45, 2.75) is 51.8 Å². The topological polar surface area (TPSA) is 58.6 Å². The minimum atomic E-state index is -0.475. The fourth-order valence-corrected chi connectivity index (χ4v) is 2.83. The van der Waals surface area contributed by atoms with Crippen LogP contribution in [0.25, 0.3) is 0 Å². The van der Waals surface area contributed by atoms with E-state index in [2.05, 4.69) is 14.9 Å². The van der Waals surface area contributed by atoms with Crippen LogP contribution in [0.2, 0.25) is 5.28 Å². The first kappa shape index (κ1) is 17.9. The van der Waals surface area contributed by atoms with E-state index in [9.17, 15) is 4.79 Å². The molecular formula is C16H25ClN4O2. The molecule has 0 unspecified atom stereocenters. The SMILES string of the molecule is CN(C(=O)OC(C)(C)C)[C@@H]1CCCN(Cc2ccnc(Cl)n2)C1. The highest BCUT2D eigenvalue weighted by molar-refractivity contribution is 6.28. The van der Waals surface area contributed by atoms with Crippen LogP contribution < -0.4 is 0 Å². The summed E-state index contributed by atoms with van der Waals surface area (Å²) in [6.07, 6.45) is 3.42. The predicted octanol–water partition coefficient (Wildman–Crippen LogP) is 2.96. The fraction of sp³-hybridized carbons (Fsp3) is 0.688. The lowest BCUT2D eigenvalue weighted by atomic mass is 10.0. The van der Waals surface area contributed by atoms with Gasteiger partial charge in [0, 0.05) is 32.4 Å². The molecule has 0 bridgehead atoms. The van der Waals surface area contributed by atoms with Crippen LogP contribution in [0.1, 0.15) is 39.3 Å². The van der Waals surface area contributed by atoms with Gasteiger partial charge in [-0.05, 0) is 57.8 Å². The Morgan fingerprint density at radius 3 is 2.91 bits per heavy atom. The van der Waals surface area contributed by atoms with Crippen molar-refractivity contribution in [3.8, 4) is 0 Å². The van der Waals surface area contributed by atoms with Gasteiger partial charge in [-0.2, -0.15) is 0 Å². The summed E-state index contributed by atoms with van der Waals surface area (Å²) in [7, 11) is 1.81. The number of hydrogen-bond donors (Lipinski definition) is 0. The molecule has 0 saturated carbocycles. The third kappa shape index (κ3) is 5.62. The van der Waals surface area contributed by atoms with Crippen molar-refractivity contribution in [1.82, 2.24) is 19.8 Å². The van der Waals surface area contributed by atoms with E-state index in [0.29, 0.717) is 6.54 Å². The number of aromatic nitrogens is 2. The Bertz CT molecular complexity index is 547. The number of hydrogen-bond acceptors (Lipinski definition) is 5. The second-order valence-corrected chi connectivity index (χ2v) is 7.28. The van der Waals surface area contributed by atoms with E-state index < -0.39 is 5.60 Å². The normalized spacial score (nSPS) is 19.4. The first-order valence-electron chi connectivity index (χ1n) is 7.90. The molecular weight excluding hydrogens is 316 g/mol. The molecule has 2 heterocycles. The Labute approximate surface area is 142 Å². The standard InChI is InChI=1S/C16H25ClN4O2/c1-16(2,3)23-15(22)20(4)13-6-5-9-21(11-13)10-12-7-8-18-14(17)19-12/h7-8,13H,5-6,9-11H2,1-4H3/t13-/m1/s1. The summed E-state index contributed by atoms with van der Waals surface area (Å²) in [5, 5.41) is 0.266. The van der Waals surface area contributed by atoms with Crippen LogP contribution in [0.15, 0.2) is 12.3 Å². The Kier molecular flexibility index (Phi) is 5.81. The Balaban J connectivity index is 1.93. The van der Waals surface area contributed by atoms with Crippen molar-refractivity contribution >= 4 is 17.7 Å². The zero-order valence-corrected chi connectivity index (χ0v) is 15.0. The highest BCUT2D eigenvalue weighted by Gasteiger charge is 2.29. The molecule has 0 N–H and O–H groups in total. The molecule has 1 aliphatic heterocycles. The van der Waals surface area contributed by atoms with E-state index in [0.717, 1.165) is 31.6 Å². The Hall–Kier alpha value is -1.40. The number of likely N-dealkylation sites (tertiary alicyclic amines) is 1. The van der Waals surface area contributed by atoms with Crippen LogP contribution in [0.5, 0.6) is 0 Å². The average molecular weight is 341 g/mol. The molecule has 0 spiro atoms. The lowest BCUT2D eigenvalue weighted by Gasteiger charge is -2.37. The van der Waals surface area contributed by atoms with Crippen molar-refractivity contribution in [3.05, 3.63) is 23.2 Å². The first-order valence-corrected chi connectivity index (χ1v) is 8.28. The smallest absolute Gasteiger partial charge is 0.410 e. The zero-order chi connectivity index (χ0) is 17.0. The van der Waals surface area contributed by atoms with Gasteiger partial charge in [0.25, 0.3) is 0 Å². The molecule has 1 aromatic rings. The maximum atomic E-state index is 12.2. The van der Waals surface area contributed by atoms with Crippen molar-refractivity contribution < 1.29 is 9.53 Å². The van der Waals surface area contributed by atoms with Crippen molar-refractivity contribution in [3.63, 3.8) is 0 Å². The minimum Gasteiger partial charge on any atom is -0.444 e. The average Bonchev–Trinajstić information content (AvgIpc) is 2.45. The molecule has 1 fully saturated rings. The van der Waals surface area contributed by atoms with E-state index in [4.69, 9.17) is 16.3 Å². The summed E-state index contributed by atoms with van der Waals surface area (Å²) in [6, 6.07) is 2.02. The van der Waals surface area contributed by atoms with E-state index >= 15 is 0 Å². The molecule has 7 heteroatoms. The van der Waals surface area contributed by atoms with E-state index in [1.807, 2.05) is 33.9 Å². The Morgan fingerprint density at radius 2 is 2.26 bits per heavy atom. The van der Waals surface area contributed by atoms with Gasteiger partial charge >= 0.3 is 6.09 Å².